The quantitative estimate of drug-likeness (QED) is 0.904. The summed E-state index contributed by atoms with van der Waals surface area (Å²) in [7, 11) is 1.68. The van der Waals surface area contributed by atoms with Gasteiger partial charge in [0.15, 0.2) is 0 Å². The van der Waals surface area contributed by atoms with Crippen LogP contribution in [0.4, 0.5) is 0 Å². The van der Waals surface area contributed by atoms with Crippen molar-refractivity contribution in [3.05, 3.63) is 63.1 Å². The molecule has 0 aliphatic carbocycles. The van der Waals surface area contributed by atoms with E-state index in [9.17, 15) is 0 Å². The van der Waals surface area contributed by atoms with Gasteiger partial charge in [0, 0.05) is 10.5 Å². The van der Waals surface area contributed by atoms with Crippen LogP contribution in [-0.4, -0.2) is 7.11 Å². The Balaban J connectivity index is 2.23. The molecule has 20 heavy (non-hydrogen) atoms. The van der Waals surface area contributed by atoms with Gasteiger partial charge in [0.1, 0.15) is 5.75 Å². The lowest BCUT2D eigenvalue weighted by molar-refractivity contribution is 0.414. The van der Waals surface area contributed by atoms with Crippen LogP contribution in [0.5, 0.6) is 5.75 Å². The van der Waals surface area contributed by atoms with E-state index in [1.807, 2.05) is 18.2 Å². The van der Waals surface area contributed by atoms with E-state index in [1.54, 1.807) is 7.11 Å². The van der Waals surface area contributed by atoms with Crippen LogP contribution in [0, 0.1) is 13.8 Å². The van der Waals surface area contributed by atoms with Crippen molar-refractivity contribution in [1.82, 2.24) is 0 Å². The molecule has 0 bridgehead atoms. The Morgan fingerprint density at radius 3 is 2.60 bits per heavy atom. The lowest BCUT2D eigenvalue weighted by Crippen LogP contribution is -2.15. The lowest BCUT2D eigenvalue weighted by atomic mass is 9.94. The van der Waals surface area contributed by atoms with Gasteiger partial charge in [-0.3, -0.25) is 0 Å². The summed E-state index contributed by atoms with van der Waals surface area (Å²) >= 11 is 3.56. The van der Waals surface area contributed by atoms with E-state index in [0.29, 0.717) is 0 Å². The highest BCUT2D eigenvalue weighted by atomic mass is 79.9. The Bertz CT molecular complexity index is 610. The lowest BCUT2D eigenvalue weighted by Gasteiger charge is -2.17. The molecule has 0 saturated heterocycles. The monoisotopic (exact) mass is 333 g/mol. The van der Waals surface area contributed by atoms with Gasteiger partial charge in [-0.1, -0.05) is 34.1 Å². The molecule has 3 heteroatoms. The van der Waals surface area contributed by atoms with Crippen molar-refractivity contribution in [2.24, 2.45) is 5.73 Å². The van der Waals surface area contributed by atoms with Gasteiger partial charge < -0.3 is 10.5 Å². The number of hydrogen-bond acceptors (Lipinski definition) is 2. The summed E-state index contributed by atoms with van der Waals surface area (Å²) in [5.41, 5.74) is 11.2. The number of rotatable bonds is 4. The van der Waals surface area contributed by atoms with Crippen molar-refractivity contribution in [2.75, 3.05) is 7.11 Å². The van der Waals surface area contributed by atoms with Crippen LogP contribution >= 0.6 is 15.9 Å². The number of hydrogen-bond donors (Lipinski definition) is 1. The van der Waals surface area contributed by atoms with E-state index >= 15 is 0 Å². The molecule has 0 aliphatic rings. The minimum Gasteiger partial charge on any atom is -0.497 e. The molecule has 0 saturated carbocycles. The molecule has 1 unspecified atom stereocenters. The Morgan fingerprint density at radius 2 is 1.90 bits per heavy atom. The Morgan fingerprint density at radius 1 is 1.15 bits per heavy atom. The second-order valence-corrected chi connectivity index (χ2v) is 5.97. The summed E-state index contributed by atoms with van der Waals surface area (Å²) in [4.78, 5) is 0. The fourth-order valence-corrected chi connectivity index (χ4v) is 2.82. The Hall–Kier alpha value is -1.32. The maximum Gasteiger partial charge on any atom is 0.119 e. The highest BCUT2D eigenvalue weighted by Crippen LogP contribution is 2.26. The SMILES string of the molecule is COc1cccc(CC(N)c2cc(C)c(Br)cc2C)c1. The minimum absolute atomic E-state index is 0.00564. The van der Waals surface area contributed by atoms with E-state index in [1.165, 1.54) is 22.3 Å². The standard InChI is InChI=1S/C17H20BrNO/c1-11-8-16(18)12(2)7-15(11)17(19)10-13-5-4-6-14(9-13)20-3/h4-9,17H,10,19H2,1-3H3. The smallest absolute Gasteiger partial charge is 0.119 e. The molecule has 0 fully saturated rings. The summed E-state index contributed by atoms with van der Waals surface area (Å²) in [5, 5.41) is 0. The van der Waals surface area contributed by atoms with E-state index < -0.39 is 0 Å². The molecule has 2 N–H and O–H groups in total. The number of ether oxygens (including phenoxy) is 1. The molecule has 2 rings (SSSR count). The van der Waals surface area contributed by atoms with Crippen molar-refractivity contribution in [1.29, 1.82) is 0 Å². The fourth-order valence-electron chi connectivity index (χ4n) is 2.37. The number of benzene rings is 2. The highest BCUT2D eigenvalue weighted by molar-refractivity contribution is 9.10. The maximum atomic E-state index is 6.38. The molecule has 2 aromatic carbocycles. The highest BCUT2D eigenvalue weighted by Gasteiger charge is 2.12. The van der Waals surface area contributed by atoms with Crippen molar-refractivity contribution in [2.45, 2.75) is 26.3 Å². The van der Waals surface area contributed by atoms with Crippen LogP contribution < -0.4 is 10.5 Å². The predicted octanol–water partition coefficient (Wildman–Crippen LogP) is 4.32. The molecule has 2 aromatic rings. The molecule has 0 heterocycles. The van der Waals surface area contributed by atoms with E-state index in [-0.39, 0.29) is 6.04 Å². The zero-order chi connectivity index (χ0) is 14.7. The molecule has 0 spiro atoms. The summed E-state index contributed by atoms with van der Waals surface area (Å²) in [6.45, 7) is 4.19. The molecular weight excluding hydrogens is 314 g/mol. The number of halogens is 1. The minimum atomic E-state index is -0.00564. The molecular formula is C17H20BrNO. The van der Waals surface area contributed by atoms with Crippen molar-refractivity contribution >= 4 is 15.9 Å². The van der Waals surface area contributed by atoms with Crippen molar-refractivity contribution < 1.29 is 4.74 Å². The largest absolute Gasteiger partial charge is 0.497 e. The third-order valence-electron chi connectivity index (χ3n) is 3.54. The molecule has 1 atom stereocenters. The first-order valence-corrected chi connectivity index (χ1v) is 7.45. The fraction of sp³-hybridized carbons (Fsp3) is 0.294. The molecule has 0 radical (unpaired) electrons. The number of aryl methyl sites for hydroxylation is 2. The van der Waals surface area contributed by atoms with Gasteiger partial charge in [-0.05, 0) is 60.7 Å². The maximum absolute atomic E-state index is 6.38. The third-order valence-corrected chi connectivity index (χ3v) is 4.39. The third kappa shape index (κ3) is 3.41. The molecule has 2 nitrogen and oxygen atoms in total. The number of nitrogens with two attached hydrogens (primary N) is 1. The first-order valence-electron chi connectivity index (χ1n) is 6.66. The van der Waals surface area contributed by atoms with E-state index in [0.717, 1.165) is 16.6 Å². The summed E-state index contributed by atoms with van der Waals surface area (Å²) in [6, 6.07) is 12.4. The first-order chi connectivity index (χ1) is 9.51. The van der Waals surface area contributed by atoms with E-state index in [2.05, 4.69) is 48.0 Å². The predicted molar refractivity (Wildman–Crippen MR) is 87.2 cm³/mol. The van der Waals surface area contributed by atoms with Gasteiger partial charge in [0.05, 0.1) is 7.11 Å². The van der Waals surface area contributed by atoms with Crippen LogP contribution in [0.25, 0.3) is 0 Å². The van der Waals surface area contributed by atoms with Crippen LogP contribution in [0.1, 0.15) is 28.3 Å². The molecule has 106 valence electrons. The van der Waals surface area contributed by atoms with Crippen LogP contribution in [0.3, 0.4) is 0 Å². The first kappa shape index (κ1) is 15.1. The molecule has 0 amide bonds. The van der Waals surface area contributed by atoms with Gasteiger partial charge in [-0.25, -0.2) is 0 Å². The second kappa shape index (κ2) is 6.42. The Kier molecular flexibility index (Phi) is 4.84. The average Bonchev–Trinajstić information content (AvgIpc) is 2.43. The molecule has 0 aromatic heterocycles. The summed E-state index contributed by atoms with van der Waals surface area (Å²) < 4.78 is 6.39. The summed E-state index contributed by atoms with van der Waals surface area (Å²) in [6.07, 6.45) is 0.805. The van der Waals surface area contributed by atoms with Gasteiger partial charge in [0.25, 0.3) is 0 Å². The van der Waals surface area contributed by atoms with Gasteiger partial charge in [-0.15, -0.1) is 0 Å². The van der Waals surface area contributed by atoms with Gasteiger partial charge in [-0.2, -0.15) is 0 Å². The molecule has 0 aliphatic heterocycles. The van der Waals surface area contributed by atoms with E-state index in [4.69, 9.17) is 10.5 Å². The Labute approximate surface area is 129 Å². The number of methoxy groups -OCH3 is 1. The average molecular weight is 334 g/mol. The topological polar surface area (TPSA) is 35.2 Å². The summed E-state index contributed by atoms with van der Waals surface area (Å²) in [5.74, 6) is 0.874. The van der Waals surface area contributed by atoms with Crippen LogP contribution in [0.15, 0.2) is 40.9 Å². The van der Waals surface area contributed by atoms with Crippen LogP contribution in [-0.2, 0) is 6.42 Å². The second-order valence-electron chi connectivity index (χ2n) is 5.12. The van der Waals surface area contributed by atoms with Crippen molar-refractivity contribution in [3.8, 4) is 5.75 Å². The normalized spacial score (nSPS) is 12.2. The van der Waals surface area contributed by atoms with Gasteiger partial charge >= 0.3 is 0 Å². The van der Waals surface area contributed by atoms with Crippen LogP contribution in [0.2, 0.25) is 0 Å². The zero-order valence-corrected chi connectivity index (χ0v) is 13.7. The van der Waals surface area contributed by atoms with Gasteiger partial charge in [0.2, 0.25) is 0 Å². The van der Waals surface area contributed by atoms with Crippen molar-refractivity contribution in [3.63, 3.8) is 0 Å². The zero-order valence-electron chi connectivity index (χ0n) is 12.1.